The molecule has 0 radical (unpaired) electrons. The van der Waals surface area contributed by atoms with Crippen LogP contribution < -0.4 is 0 Å². The van der Waals surface area contributed by atoms with E-state index in [1.54, 1.807) is 0 Å². The van der Waals surface area contributed by atoms with Crippen LogP contribution in [-0.2, 0) is 4.74 Å². The minimum absolute atomic E-state index is 0.598. The number of ether oxygens (including phenoxy) is 1. The first-order chi connectivity index (χ1) is 12.7. The molecule has 0 rings (SSSR count). The van der Waals surface area contributed by atoms with E-state index in [0.29, 0.717) is 5.92 Å². The molecule has 0 aromatic rings. The number of hydrogen-bond donors (Lipinski definition) is 0. The zero-order valence-corrected chi connectivity index (χ0v) is 19.3. The largest absolute Gasteiger partial charge is 0.498 e. The van der Waals surface area contributed by atoms with Crippen LogP contribution in [0.4, 0.5) is 0 Å². The molecule has 0 aliphatic heterocycles. The quantitative estimate of drug-likeness (QED) is 0.201. The molecule has 0 aromatic heterocycles. The van der Waals surface area contributed by atoms with E-state index in [4.69, 9.17) is 4.74 Å². The van der Waals surface area contributed by atoms with Crippen LogP contribution in [0, 0.1) is 5.92 Å². The normalized spacial score (nSPS) is 15.6. The van der Waals surface area contributed by atoms with Crippen LogP contribution >= 0.6 is 0 Å². The van der Waals surface area contributed by atoms with Crippen molar-refractivity contribution in [1.29, 1.82) is 0 Å². The third-order valence-electron chi connectivity index (χ3n) is 4.98. The second-order valence-corrected chi connectivity index (χ2v) is 7.80. The van der Waals surface area contributed by atoms with Gasteiger partial charge >= 0.3 is 0 Å². The molecule has 0 bridgehead atoms. The lowest BCUT2D eigenvalue weighted by molar-refractivity contribution is 0.207. The molecule has 0 aliphatic rings. The lowest BCUT2D eigenvalue weighted by Gasteiger charge is -2.05. The fourth-order valence-corrected chi connectivity index (χ4v) is 2.10. The molecule has 0 amide bonds. The summed E-state index contributed by atoms with van der Waals surface area (Å²) in [4.78, 5) is 0. The summed E-state index contributed by atoms with van der Waals surface area (Å²) in [6.07, 6.45) is 16.6. The van der Waals surface area contributed by atoms with E-state index in [0.717, 1.165) is 18.8 Å². The monoisotopic (exact) mass is 370 g/mol. The van der Waals surface area contributed by atoms with Gasteiger partial charge in [0.2, 0.25) is 0 Å². The molecule has 152 valence electrons. The average Bonchev–Trinajstić information content (AvgIpc) is 2.64. The standard InChI is InChI=1S/C26H42O/c1-10-11-12-19-27-26(9)18-17-25(8)24(7)16-15-23(6)22(5)14-13-21(4)20(2)3/h13-18,20H,10-12,19H2,1-9H3. The highest BCUT2D eigenvalue weighted by Gasteiger charge is 1.96. The molecule has 0 spiro atoms. The number of unbranched alkanes of at least 4 members (excludes halogenated alkanes) is 2. The van der Waals surface area contributed by atoms with E-state index in [1.807, 2.05) is 6.92 Å². The van der Waals surface area contributed by atoms with Gasteiger partial charge in [0.05, 0.1) is 12.4 Å². The summed E-state index contributed by atoms with van der Waals surface area (Å²) in [7, 11) is 0. The Morgan fingerprint density at radius 2 is 1.11 bits per heavy atom. The van der Waals surface area contributed by atoms with E-state index in [2.05, 4.69) is 91.8 Å². The predicted octanol–water partition coefficient (Wildman–Crippen LogP) is 8.48. The molecule has 0 aromatic carbocycles. The molecular weight excluding hydrogens is 328 g/mol. The second-order valence-electron chi connectivity index (χ2n) is 7.80. The Kier molecular flexibility index (Phi) is 13.4. The Labute approximate surface area is 169 Å². The van der Waals surface area contributed by atoms with Gasteiger partial charge in [0.15, 0.2) is 0 Å². The highest BCUT2D eigenvalue weighted by Crippen LogP contribution is 2.15. The third-order valence-corrected chi connectivity index (χ3v) is 4.98. The maximum absolute atomic E-state index is 5.74. The predicted molar refractivity (Wildman–Crippen MR) is 123 cm³/mol. The Balaban J connectivity index is 4.92. The van der Waals surface area contributed by atoms with Gasteiger partial charge in [0.25, 0.3) is 0 Å². The van der Waals surface area contributed by atoms with Crippen LogP contribution in [0.25, 0.3) is 0 Å². The molecular formula is C26H42O. The Hall–Kier alpha value is -1.76. The van der Waals surface area contributed by atoms with E-state index in [-0.39, 0.29) is 0 Å². The zero-order chi connectivity index (χ0) is 20.8. The first-order valence-corrected chi connectivity index (χ1v) is 10.4. The Morgan fingerprint density at radius 3 is 1.56 bits per heavy atom. The summed E-state index contributed by atoms with van der Waals surface area (Å²) in [6.45, 7) is 20.3. The number of rotatable bonds is 11. The average molecular weight is 371 g/mol. The van der Waals surface area contributed by atoms with Crippen molar-refractivity contribution < 1.29 is 4.74 Å². The summed E-state index contributed by atoms with van der Waals surface area (Å²) in [5.74, 6) is 1.58. The van der Waals surface area contributed by atoms with E-state index in [9.17, 15) is 0 Å². The SMILES string of the molecule is CCCCCOC(C)=CC=C(C)C(C)=CC=C(C)C(C)=CC=C(C)C(C)C. The maximum Gasteiger partial charge on any atom is 0.0928 e. The highest BCUT2D eigenvalue weighted by molar-refractivity contribution is 5.38. The Bertz CT molecular complexity index is 619. The van der Waals surface area contributed by atoms with Crippen molar-refractivity contribution in [2.75, 3.05) is 6.61 Å². The molecule has 0 aliphatic carbocycles. The van der Waals surface area contributed by atoms with Crippen molar-refractivity contribution in [2.45, 2.75) is 81.6 Å². The van der Waals surface area contributed by atoms with Crippen molar-refractivity contribution in [3.63, 3.8) is 0 Å². The summed E-state index contributed by atoms with van der Waals surface area (Å²) in [5, 5.41) is 0. The summed E-state index contributed by atoms with van der Waals surface area (Å²) >= 11 is 0. The molecule has 0 saturated heterocycles. The molecule has 1 nitrogen and oxygen atoms in total. The van der Waals surface area contributed by atoms with Crippen molar-refractivity contribution in [3.8, 4) is 0 Å². The lowest BCUT2D eigenvalue weighted by Crippen LogP contribution is -1.91. The van der Waals surface area contributed by atoms with E-state index in [1.165, 1.54) is 40.7 Å². The van der Waals surface area contributed by atoms with Gasteiger partial charge in [-0.1, -0.05) is 69.6 Å². The minimum Gasteiger partial charge on any atom is -0.498 e. The van der Waals surface area contributed by atoms with Crippen LogP contribution in [0.3, 0.4) is 0 Å². The molecule has 0 N–H and O–H groups in total. The topological polar surface area (TPSA) is 9.23 Å². The molecule has 0 atom stereocenters. The van der Waals surface area contributed by atoms with Crippen molar-refractivity contribution in [1.82, 2.24) is 0 Å². The summed E-state index contributed by atoms with van der Waals surface area (Å²) in [6, 6.07) is 0. The van der Waals surface area contributed by atoms with Crippen LogP contribution in [-0.4, -0.2) is 6.61 Å². The van der Waals surface area contributed by atoms with E-state index >= 15 is 0 Å². The fourth-order valence-electron chi connectivity index (χ4n) is 2.10. The Morgan fingerprint density at radius 1 is 0.667 bits per heavy atom. The first-order valence-electron chi connectivity index (χ1n) is 10.4. The molecule has 0 fully saturated rings. The number of hydrogen-bond acceptors (Lipinski definition) is 1. The third kappa shape index (κ3) is 12.3. The lowest BCUT2D eigenvalue weighted by atomic mass is 10.0. The number of allylic oxidation sites excluding steroid dienone is 12. The van der Waals surface area contributed by atoms with Gasteiger partial charge in [-0.25, -0.2) is 0 Å². The van der Waals surface area contributed by atoms with Gasteiger partial charge in [-0.15, -0.1) is 0 Å². The molecule has 0 unspecified atom stereocenters. The van der Waals surface area contributed by atoms with E-state index < -0.39 is 0 Å². The van der Waals surface area contributed by atoms with Crippen LogP contribution in [0.5, 0.6) is 0 Å². The van der Waals surface area contributed by atoms with Gasteiger partial charge in [-0.05, 0) is 82.2 Å². The summed E-state index contributed by atoms with van der Waals surface area (Å²) < 4.78 is 5.74. The highest BCUT2D eigenvalue weighted by atomic mass is 16.5. The van der Waals surface area contributed by atoms with Crippen LogP contribution in [0.1, 0.15) is 81.6 Å². The molecule has 27 heavy (non-hydrogen) atoms. The summed E-state index contributed by atoms with van der Waals surface area (Å²) in [5.41, 5.74) is 6.53. The maximum atomic E-state index is 5.74. The van der Waals surface area contributed by atoms with Gasteiger partial charge in [-0.3, -0.25) is 0 Å². The molecule has 0 saturated carbocycles. The fraction of sp³-hybridized carbons (Fsp3) is 0.538. The molecule has 1 heteroatoms. The van der Waals surface area contributed by atoms with Gasteiger partial charge in [0.1, 0.15) is 0 Å². The smallest absolute Gasteiger partial charge is 0.0928 e. The second kappa shape index (κ2) is 14.3. The molecule has 0 heterocycles. The van der Waals surface area contributed by atoms with Gasteiger partial charge < -0.3 is 4.74 Å². The van der Waals surface area contributed by atoms with Gasteiger partial charge in [0, 0.05) is 0 Å². The van der Waals surface area contributed by atoms with Crippen molar-refractivity contribution in [3.05, 3.63) is 70.1 Å². The van der Waals surface area contributed by atoms with Crippen LogP contribution in [0.15, 0.2) is 70.1 Å². The van der Waals surface area contributed by atoms with Crippen molar-refractivity contribution >= 4 is 0 Å². The minimum atomic E-state index is 0.598. The zero-order valence-electron chi connectivity index (χ0n) is 19.3. The first kappa shape index (κ1) is 25.2. The van der Waals surface area contributed by atoms with Gasteiger partial charge in [-0.2, -0.15) is 0 Å². The van der Waals surface area contributed by atoms with Crippen molar-refractivity contribution in [2.24, 2.45) is 5.92 Å². The van der Waals surface area contributed by atoms with Crippen LogP contribution in [0.2, 0.25) is 0 Å².